The largest absolute Gasteiger partial charge is 0.459 e. The zero-order valence-electron chi connectivity index (χ0n) is 14.8. The zero-order chi connectivity index (χ0) is 17.0. The van der Waals surface area contributed by atoms with E-state index in [-0.39, 0.29) is 29.9 Å². The van der Waals surface area contributed by atoms with E-state index in [1.54, 1.807) is 12.1 Å². The molecular formula is C17H29IN4O3. The van der Waals surface area contributed by atoms with Crippen LogP contribution < -0.4 is 16.0 Å². The molecule has 25 heavy (non-hydrogen) atoms. The Hall–Kier alpha value is -1.29. The summed E-state index contributed by atoms with van der Waals surface area (Å²) in [5, 5.41) is 9.16. The van der Waals surface area contributed by atoms with Crippen LogP contribution in [0.2, 0.25) is 0 Å². The predicted molar refractivity (Wildman–Crippen MR) is 109 cm³/mol. The summed E-state index contributed by atoms with van der Waals surface area (Å²) in [6, 6.07) is 3.33. The van der Waals surface area contributed by atoms with Crippen LogP contribution in [-0.2, 0) is 4.74 Å². The van der Waals surface area contributed by atoms with Gasteiger partial charge in [-0.15, -0.1) is 24.0 Å². The van der Waals surface area contributed by atoms with Gasteiger partial charge < -0.3 is 25.1 Å². The average Bonchev–Trinajstić information content (AvgIpc) is 3.24. The molecule has 1 aliphatic carbocycles. The first-order valence-electron chi connectivity index (χ1n) is 8.71. The van der Waals surface area contributed by atoms with Crippen molar-refractivity contribution in [3.05, 3.63) is 24.2 Å². The molecule has 1 aromatic rings. The molecule has 0 bridgehead atoms. The van der Waals surface area contributed by atoms with E-state index in [0.29, 0.717) is 18.8 Å². The first-order valence-corrected chi connectivity index (χ1v) is 8.71. The van der Waals surface area contributed by atoms with Crippen molar-refractivity contribution in [2.75, 3.05) is 39.4 Å². The van der Waals surface area contributed by atoms with Crippen LogP contribution in [0.1, 0.15) is 36.7 Å². The lowest BCUT2D eigenvalue weighted by Crippen LogP contribution is -2.41. The lowest BCUT2D eigenvalue weighted by atomic mass is 10.4. The van der Waals surface area contributed by atoms with Crippen molar-refractivity contribution >= 4 is 35.8 Å². The van der Waals surface area contributed by atoms with Gasteiger partial charge >= 0.3 is 0 Å². The molecule has 0 atom stereocenters. The van der Waals surface area contributed by atoms with Gasteiger partial charge in [-0.1, -0.05) is 0 Å². The van der Waals surface area contributed by atoms with E-state index in [0.717, 1.165) is 44.6 Å². The Morgan fingerprint density at radius 1 is 1.32 bits per heavy atom. The van der Waals surface area contributed by atoms with Crippen LogP contribution in [0.5, 0.6) is 0 Å². The van der Waals surface area contributed by atoms with Crippen LogP contribution in [0.3, 0.4) is 0 Å². The number of hydrogen-bond acceptors (Lipinski definition) is 4. The van der Waals surface area contributed by atoms with Crippen molar-refractivity contribution in [3.8, 4) is 0 Å². The highest BCUT2D eigenvalue weighted by molar-refractivity contribution is 14.0. The Bertz CT molecular complexity index is 504. The maximum Gasteiger partial charge on any atom is 0.287 e. The summed E-state index contributed by atoms with van der Waals surface area (Å²) in [6.07, 6.45) is 5.04. The van der Waals surface area contributed by atoms with Crippen molar-refractivity contribution in [3.63, 3.8) is 0 Å². The first kappa shape index (κ1) is 21.8. The van der Waals surface area contributed by atoms with Gasteiger partial charge in [0, 0.05) is 39.4 Å². The van der Waals surface area contributed by atoms with E-state index < -0.39 is 0 Å². The molecule has 1 saturated carbocycles. The molecular weight excluding hydrogens is 435 g/mol. The van der Waals surface area contributed by atoms with Crippen LogP contribution in [0.25, 0.3) is 0 Å². The van der Waals surface area contributed by atoms with Gasteiger partial charge in [0.05, 0.1) is 6.26 Å². The monoisotopic (exact) mass is 464 g/mol. The van der Waals surface area contributed by atoms with Crippen molar-refractivity contribution in [1.29, 1.82) is 0 Å². The highest BCUT2D eigenvalue weighted by Crippen LogP contribution is 2.28. The van der Waals surface area contributed by atoms with Gasteiger partial charge in [0.15, 0.2) is 11.7 Å². The third-order valence-corrected chi connectivity index (χ3v) is 3.56. The number of aliphatic imine (C=N–C) groups is 1. The van der Waals surface area contributed by atoms with Crippen molar-refractivity contribution in [1.82, 2.24) is 16.0 Å². The molecule has 7 nitrogen and oxygen atoms in total. The molecule has 1 heterocycles. The number of rotatable bonds is 11. The number of carbonyl (C=O) groups is 1. The molecule has 0 saturated heterocycles. The number of nitrogens with zero attached hydrogens (tertiary/aromatic N) is 1. The summed E-state index contributed by atoms with van der Waals surface area (Å²) in [6.45, 7) is 6.29. The lowest BCUT2D eigenvalue weighted by Gasteiger charge is -2.11. The number of halogens is 1. The Labute approximate surface area is 166 Å². The third-order valence-electron chi connectivity index (χ3n) is 3.56. The van der Waals surface area contributed by atoms with Gasteiger partial charge in [0.2, 0.25) is 0 Å². The summed E-state index contributed by atoms with van der Waals surface area (Å²) < 4.78 is 10.6. The molecule has 8 heteroatoms. The van der Waals surface area contributed by atoms with Crippen LogP contribution in [0.4, 0.5) is 0 Å². The van der Waals surface area contributed by atoms with Crippen molar-refractivity contribution in [2.45, 2.75) is 26.2 Å². The molecule has 3 N–H and O–H groups in total. The van der Waals surface area contributed by atoms with E-state index in [9.17, 15) is 4.79 Å². The van der Waals surface area contributed by atoms with Crippen LogP contribution >= 0.6 is 24.0 Å². The summed E-state index contributed by atoms with van der Waals surface area (Å²) >= 11 is 0. The SMILES string of the molecule is CCNC(=NCCCOCC1CC1)NCCNC(=O)c1ccco1.I. The van der Waals surface area contributed by atoms with Gasteiger partial charge in [-0.25, -0.2) is 0 Å². The first-order chi connectivity index (χ1) is 11.8. The topological polar surface area (TPSA) is 87.9 Å². The van der Waals surface area contributed by atoms with E-state index in [4.69, 9.17) is 9.15 Å². The number of carbonyl (C=O) groups excluding carboxylic acids is 1. The van der Waals surface area contributed by atoms with Gasteiger partial charge in [-0.05, 0) is 44.2 Å². The van der Waals surface area contributed by atoms with Gasteiger partial charge in [0.25, 0.3) is 5.91 Å². The number of hydrogen-bond donors (Lipinski definition) is 3. The number of amides is 1. The summed E-state index contributed by atoms with van der Waals surface area (Å²) in [5.74, 6) is 1.68. The van der Waals surface area contributed by atoms with E-state index in [1.165, 1.54) is 19.1 Å². The normalized spacial score (nSPS) is 13.9. The Balaban J connectivity index is 0.00000312. The molecule has 1 aromatic heterocycles. The van der Waals surface area contributed by atoms with Gasteiger partial charge in [-0.2, -0.15) is 0 Å². The Morgan fingerprint density at radius 3 is 2.80 bits per heavy atom. The fourth-order valence-electron chi connectivity index (χ4n) is 2.09. The molecule has 0 spiro atoms. The Morgan fingerprint density at radius 2 is 2.12 bits per heavy atom. The fraction of sp³-hybridized carbons (Fsp3) is 0.647. The van der Waals surface area contributed by atoms with Crippen molar-refractivity contribution in [2.24, 2.45) is 10.9 Å². The molecule has 2 rings (SSSR count). The second kappa shape index (κ2) is 13.0. The van der Waals surface area contributed by atoms with Crippen molar-refractivity contribution < 1.29 is 13.9 Å². The highest BCUT2D eigenvalue weighted by Gasteiger charge is 2.20. The molecule has 0 unspecified atom stereocenters. The second-order valence-electron chi connectivity index (χ2n) is 5.79. The molecule has 142 valence electrons. The van der Waals surface area contributed by atoms with E-state index in [2.05, 4.69) is 20.9 Å². The highest BCUT2D eigenvalue weighted by atomic mass is 127. The van der Waals surface area contributed by atoms with E-state index in [1.807, 2.05) is 6.92 Å². The summed E-state index contributed by atoms with van der Waals surface area (Å²) in [5.41, 5.74) is 0. The predicted octanol–water partition coefficient (Wildman–Crippen LogP) is 2.00. The van der Waals surface area contributed by atoms with Gasteiger partial charge in [-0.3, -0.25) is 9.79 Å². The number of guanidine groups is 1. The van der Waals surface area contributed by atoms with Crippen LogP contribution in [-0.4, -0.2) is 51.3 Å². The zero-order valence-corrected chi connectivity index (χ0v) is 17.1. The average molecular weight is 464 g/mol. The summed E-state index contributed by atoms with van der Waals surface area (Å²) in [7, 11) is 0. The molecule has 1 amide bonds. The minimum absolute atomic E-state index is 0. The van der Waals surface area contributed by atoms with Crippen LogP contribution in [0, 0.1) is 5.92 Å². The standard InChI is InChI=1S/C17H28N4O3.HI/c1-2-18-17(20-8-4-11-23-13-14-6-7-14)21-10-9-19-16(22)15-5-3-12-24-15;/h3,5,12,14H,2,4,6-11,13H2,1H3,(H,19,22)(H2,18,20,21);1H. The molecule has 0 aliphatic heterocycles. The van der Waals surface area contributed by atoms with E-state index >= 15 is 0 Å². The maximum absolute atomic E-state index is 11.7. The minimum Gasteiger partial charge on any atom is -0.459 e. The van der Waals surface area contributed by atoms with Gasteiger partial charge in [0.1, 0.15) is 0 Å². The lowest BCUT2D eigenvalue weighted by molar-refractivity contribution is 0.0926. The molecule has 0 aromatic carbocycles. The molecule has 1 fully saturated rings. The molecule has 1 aliphatic rings. The second-order valence-corrected chi connectivity index (χ2v) is 5.79. The number of furan rings is 1. The minimum atomic E-state index is -0.212. The number of ether oxygens (including phenoxy) is 1. The molecule has 0 radical (unpaired) electrons. The number of nitrogens with one attached hydrogen (secondary N) is 3. The third kappa shape index (κ3) is 9.69. The fourth-order valence-corrected chi connectivity index (χ4v) is 2.09. The quantitative estimate of drug-likeness (QED) is 0.202. The smallest absolute Gasteiger partial charge is 0.287 e. The maximum atomic E-state index is 11.7. The van der Waals surface area contributed by atoms with Crippen LogP contribution in [0.15, 0.2) is 27.8 Å². The summed E-state index contributed by atoms with van der Waals surface area (Å²) in [4.78, 5) is 16.2. The Kier molecular flexibility index (Phi) is 11.3.